The third kappa shape index (κ3) is 66.7. The predicted molar refractivity (Wildman–Crippen MR) is 349 cm³/mol. The third-order valence-corrected chi connectivity index (χ3v) is 16.7. The maximum Gasteiger partial charge on any atom is 0.306 e. The van der Waals surface area contributed by atoms with Crippen molar-refractivity contribution < 1.29 is 28.6 Å². The molecule has 0 saturated carbocycles. The zero-order chi connectivity index (χ0) is 57.8. The molecule has 0 heterocycles. The van der Waals surface area contributed by atoms with Gasteiger partial charge in [-0.1, -0.05) is 366 Å². The number of hydrogen-bond donors (Lipinski definition) is 0. The SMILES string of the molecule is CCCCCCC/C=C\C/C=C\CCCCCCCCCCCCCC(=O)OC(COC(=O)CCCCCCCC)COC(=O)CCCCCCCCCCCCCCCCCCCCCCCCCCCCCCCCCCC. The Morgan fingerprint density at radius 3 is 0.688 bits per heavy atom. The van der Waals surface area contributed by atoms with Crippen molar-refractivity contribution in [1.29, 1.82) is 0 Å². The van der Waals surface area contributed by atoms with E-state index in [0.29, 0.717) is 19.3 Å². The average molecular weight is 1130 g/mol. The summed E-state index contributed by atoms with van der Waals surface area (Å²) in [6.07, 6.45) is 85.6. The largest absolute Gasteiger partial charge is 0.462 e. The van der Waals surface area contributed by atoms with E-state index in [1.54, 1.807) is 0 Å². The maximum absolute atomic E-state index is 12.9. The Labute approximate surface area is 500 Å². The van der Waals surface area contributed by atoms with Gasteiger partial charge in [-0.05, 0) is 51.4 Å². The number of allylic oxidation sites excluding steroid dienone is 4. The zero-order valence-corrected chi connectivity index (χ0v) is 54.4. The van der Waals surface area contributed by atoms with Gasteiger partial charge in [0.25, 0.3) is 0 Å². The van der Waals surface area contributed by atoms with E-state index in [4.69, 9.17) is 14.2 Å². The van der Waals surface area contributed by atoms with Gasteiger partial charge < -0.3 is 14.2 Å². The van der Waals surface area contributed by atoms with E-state index in [1.165, 1.54) is 308 Å². The number of ether oxygens (including phenoxy) is 3. The van der Waals surface area contributed by atoms with Crippen molar-refractivity contribution >= 4 is 17.9 Å². The third-order valence-electron chi connectivity index (χ3n) is 16.7. The molecule has 0 aliphatic heterocycles. The van der Waals surface area contributed by atoms with E-state index >= 15 is 0 Å². The van der Waals surface area contributed by atoms with Crippen molar-refractivity contribution in [2.75, 3.05) is 13.2 Å². The first-order valence-corrected chi connectivity index (χ1v) is 36.3. The van der Waals surface area contributed by atoms with Crippen LogP contribution in [-0.4, -0.2) is 37.2 Å². The van der Waals surface area contributed by atoms with Gasteiger partial charge in [0.1, 0.15) is 13.2 Å². The number of unbranched alkanes of at least 4 members (excludes halogenated alkanes) is 53. The standard InChI is InChI=1S/C74H140O6/c1-4-7-10-13-16-18-20-22-24-26-28-30-32-33-34-35-36-37-38-39-40-41-43-44-46-48-50-52-54-56-58-61-64-67-73(76)79-70-71(69-78-72(75)66-63-60-15-12-9-6-3)80-74(77)68-65-62-59-57-55-53-51-49-47-45-42-31-29-27-25-23-21-19-17-14-11-8-5-2/h21,23,27,29,71H,4-20,22,24-26,28,30-70H2,1-3H3/b23-21-,29-27-. The van der Waals surface area contributed by atoms with Crippen LogP contribution in [0.5, 0.6) is 0 Å². The Bertz CT molecular complexity index is 1290. The average Bonchev–Trinajstić information content (AvgIpc) is 3.46. The van der Waals surface area contributed by atoms with Gasteiger partial charge >= 0.3 is 17.9 Å². The summed E-state index contributed by atoms with van der Waals surface area (Å²) in [6, 6.07) is 0. The fourth-order valence-electron chi connectivity index (χ4n) is 11.2. The molecule has 0 saturated heterocycles. The predicted octanol–water partition coefficient (Wildman–Crippen LogP) is 25.0. The normalized spacial score (nSPS) is 12.1. The van der Waals surface area contributed by atoms with Crippen LogP contribution in [-0.2, 0) is 28.6 Å². The van der Waals surface area contributed by atoms with E-state index in [0.717, 1.165) is 64.2 Å². The van der Waals surface area contributed by atoms with E-state index < -0.39 is 6.10 Å². The maximum atomic E-state index is 12.9. The van der Waals surface area contributed by atoms with Crippen molar-refractivity contribution in [1.82, 2.24) is 0 Å². The van der Waals surface area contributed by atoms with Crippen molar-refractivity contribution in [3.63, 3.8) is 0 Å². The molecule has 0 aromatic heterocycles. The first-order valence-electron chi connectivity index (χ1n) is 36.3. The van der Waals surface area contributed by atoms with Gasteiger partial charge in [-0.15, -0.1) is 0 Å². The fourth-order valence-corrected chi connectivity index (χ4v) is 11.2. The second kappa shape index (κ2) is 69.4. The minimum Gasteiger partial charge on any atom is -0.462 e. The summed E-state index contributed by atoms with van der Waals surface area (Å²) >= 11 is 0. The monoisotopic (exact) mass is 1130 g/mol. The molecular weight excluding hydrogens is 985 g/mol. The van der Waals surface area contributed by atoms with Crippen LogP contribution in [0.15, 0.2) is 24.3 Å². The lowest BCUT2D eigenvalue weighted by Crippen LogP contribution is -2.30. The fraction of sp³-hybridized carbons (Fsp3) is 0.905. The smallest absolute Gasteiger partial charge is 0.306 e. The van der Waals surface area contributed by atoms with Crippen LogP contribution < -0.4 is 0 Å². The van der Waals surface area contributed by atoms with Gasteiger partial charge in [-0.3, -0.25) is 14.4 Å². The number of rotatable bonds is 68. The van der Waals surface area contributed by atoms with Crippen LogP contribution in [0.1, 0.15) is 412 Å². The van der Waals surface area contributed by atoms with Gasteiger partial charge in [0.15, 0.2) is 6.10 Å². The number of carbonyl (C=O) groups is 3. The molecule has 0 fully saturated rings. The van der Waals surface area contributed by atoms with Crippen molar-refractivity contribution in [2.24, 2.45) is 0 Å². The van der Waals surface area contributed by atoms with Crippen LogP contribution in [0.4, 0.5) is 0 Å². The molecular formula is C74H140O6. The highest BCUT2D eigenvalue weighted by Gasteiger charge is 2.19. The Morgan fingerprint density at radius 2 is 0.450 bits per heavy atom. The lowest BCUT2D eigenvalue weighted by Gasteiger charge is -2.18. The summed E-state index contributed by atoms with van der Waals surface area (Å²) in [5, 5.41) is 0. The number of hydrogen-bond acceptors (Lipinski definition) is 6. The molecule has 80 heavy (non-hydrogen) atoms. The Hall–Kier alpha value is -2.11. The van der Waals surface area contributed by atoms with E-state index in [-0.39, 0.29) is 31.1 Å². The molecule has 0 radical (unpaired) electrons. The lowest BCUT2D eigenvalue weighted by molar-refractivity contribution is -0.167. The highest BCUT2D eigenvalue weighted by Crippen LogP contribution is 2.19. The molecule has 0 rings (SSSR count). The molecule has 472 valence electrons. The summed E-state index contributed by atoms with van der Waals surface area (Å²) in [5.74, 6) is -0.851. The molecule has 6 nitrogen and oxygen atoms in total. The summed E-state index contributed by atoms with van der Waals surface area (Å²) in [7, 11) is 0. The minimum atomic E-state index is -0.767. The second-order valence-corrected chi connectivity index (χ2v) is 24.9. The van der Waals surface area contributed by atoms with Gasteiger partial charge in [0.05, 0.1) is 0 Å². The summed E-state index contributed by atoms with van der Waals surface area (Å²) in [6.45, 7) is 6.64. The second-order valence-electron chi connectivity index (χ2n) is 24.9. The molecule has 0 aliphatic rings. The Balaban J connectivity index is 3.92. The molecule has 0 aromatic carbocycles. The van der Waals surface area contributed by atoms with E-state index in [2.05, 4.69) is 45.1 Å². The highest BCUT2D eigenvalue weighted by molar-refractivity contribution is 5.71. The summed E-state index contributed by atoms with van der Waals surface area (Å²) < 4.78 is 16.9. The molecule has 1 unspecified atom stereocenters. The molecule has 0 aromatic rings. The zero-order valence-electron chi connectivity index (χ0n) is 54.4. The first kappa shape index (κ1) is 77.9. The van der Waals surface area contributed by atoms with E-state index in [1.807, 2.05) is 0 Å². The highest BCUT2D eigenvalue weighted by atomic mass is 16.6. The van der Waals surface area contributed by atoms with Crippen molar-refractivity contribution in [3.05, 3.63) is 24.3 Å². The van der Waals surface area contributed by atoms with Crippen LogP contribution in [0, 0.1) is 0 Å². The number of esters is 3. The molecule has 0 bridgehead atoms. The molecule has 0 N–H and O–H groups in total. The molecule has 6 heteroatoms. The van der Waals surface area contributed by atoms with Gasteiger partial charge in [-0.25, -0.2) is 0 Å². The van der Waals surface area contributed by atoms with Crippen LogP contribution in [0.3, 0.4) is 0 Å². The lowest BCUT2D eigenvalue weighted by atomic mass is 10.0. The minimum absolute atomic E-state index is 0.0667. The Kier molecular flexibility index (Phi) is 67.6. The van der Waals surface area contributed by atoms with Crippen LogP contribution in [0.2, 0.25) is 0 Å². The summed E-state index contributed by atoms with van der Waals surface area (Å²) in [4.78, 5) is 38.1. The number of carbonyl (C=O) groups excluding carboxylic acids is 3. The molecule has 0 aliphatic carbocycles. The van der Waals surface area contributed by atoms with Gasteiger partial charge in [0, 0.05) is 19.3 Å². The molecule has 0 spiro atoms. The quantitative estimate of drug-likeness (QED) is 0.0261. The van der Waals surface area contributed by atoms with Gasteiger partial charge in [-0.2, -0.15) is 0 Å². The molecule has 0 amide bonds. The summed E-state index contributed by atoms with van der Waals surface area (Å²) in [5.41, 5.74) is 0. The van der Waals surface area contributed by atoms with Crippen molar-refractivity contribution in [2.45, 2.75) is 419 Å². The van der Waals surface area contributed by atoms with E-state index in [9.17, 15) is 14.4 Å². The van der Waals surface area contributed by atoms with Crippen LogP contribution >= 0.6 is 0 Å². The van der Waals surface area contributed by atoms with Crippen molar-refractivity contribution in [3.8, 4) is 0 Å². The van der Waals surface area contributed by atoms with Crippen LogP contribution in [0.25, 0.3) is 0 Å². The first-order chi connectivity index (χ1) is 39.5. The topological polar surface area (TPSA) is 78.9 Å². The Morgan fingerprint density at radius 1 is 0.250 bits per heavy atom. The van der Waals surface area contributed by atoms with Gasteiger partial charge in [0.2, 0.25) is 0 Å². The molecule has 1 atom stereocenters.